The van der Waals surface area contributed by atoms with Crippen molar-refractivity contribution in [3.05, 3.63) is 0 Å². The van der Waals surface area contributed by atoms with Crippen molar-refractivity contribution in [3.8, 4) is 0 Å². The van der Waals surface area contributed by atoms with Crippen molar-refractivity contribution in [2.45, 2.75) is 6.92 Å². The van der Waals surface area contributed by atoms with Gasteiger partial charge in [-0.25, -0.2) is 0 Å². The molecule has 0 saturated carbocycles. The number of hydrogen-bond donors (Lipinski definition) is 0. The van der Waals surface area contributed by atoms with Crippen LogP contribution in [0.3, 0.4) is 0 Å². The molecule has 10 heavy (non-hydrogen) atoms. The number of hydrogen-bond acceptors (Lipinski definition) is 2. The molecule has 0 aromatic carbocycles. The summed E-state index contributed by atoms with van der Waals surface area (Å²) in [7, 11) is 1.70. The molecule has 60 valence electrons. The molecule has 3 nitrogen and oxygen atoms in total. The average molecular weight is 210 g/mol. The molecule has 0 aliphatic carbocycles. The summed E-state index contributed by atoms with van der Waals surface area (Å²) >= 11 is 3.21. The second-order valence-electron chi connectivity index (χ2n) is 1.94. The first-order valence-corrected chi connectivity index (χ1v) is 4.16. The number of rotatable bonds is 4. The van der Waals surface area contributed by atoms with Crippen LogP contribution in [0.4, 0.5) is 0 Å². The lowest BCUT2D eigenvalue weighted by Gasteiger charge is -2.13. The minimum atomic E-state index is 0.0228. The van der Waals surface area contributed by atoms with Gasteiger partial charge in [0, 0.05) is 19.3 Å². The average Bonchev–Trinajstić information content (AvgIpc) is 1.88. The summed E-state index contributed by atoms with van der Waals surface area (Å²) in [6, 6.07) is 0. The van der Waals surface area contributed by atoms with E-state index in [1.807, 2.05) is 0 Å². The van der Waals surface area contributed by atoms with E-state index in [9.17, 15) is 4.79 Å². The third kappa shape index (κ3) is 4.76. The summed E-state index contributed by atoms with van der Waals surface area (Å²) in [4.78, 5) is 12.1. The summed E-state index contributed by atoms with van der Waals surface area (Å²) in [6.07, 6.45) is 0. The van der Waals surface area contributed by atoms with Gasteiger partial charge in [0.2, 0.25) is 5.91 Å². The van der Waals surface area contributed by atoms with Crippen molar-refractivity contribution in [1.82, 2.24) is 4.90 Å². The second-order valence-corrected chi connectivity index (χ2v) is 2.74. The molecular weight excluding hydrogens is 198 g/mol. The molecule has 0 aromatic rings. The second kappa shape index (κ2) is 5.68. The zero-order valence-corrected chi connectivity index (χ0v) is 7.85. The standard InChI is InChI=1S/C6H12BrNO2/c1-6(9)8(2)5-10-4-3-7/h3-5H2,1-2H3. The Morgan fingerprint density at radius 2 is 2.30 bits per heavy atom. The van der Waals surface area contributed by atoms with Crippen molar-refractivity contribution in [2.75, 3.05) is 25.7 Å². The highest BCUT2D eigenvalue weighted by Gasteiger charge is 1.99. The van der Waals surface area contributed by atoms with Crippen molar-refractivity contribution in [1.29, 1.82) is 0 Å². The van der Waals surface area contributed by atoms with Crippen LogP contribution in [0.5, 0.6) is 0 Å². The summed E-state index contributed by atoms with van der Waals surface area (Å²) in [5.41, 5.74) is 0. The van der Waals surface area contributed by atoms with Crippen molar-refractivity contribution in [2.24, 2.45) is 0 Å². The molecule has 0 aliphatic heterocycles. The Morgan fingerprint density at radius 1 is 1.70 bits per heavy atom. The Labute approximate surface area is 69.5 Å². The van der Waals surface area contributed by atoms with Gasteiger partial charge in [0.15, 0.2) is 0 Å². The predicted octanol–water partition coefficient (Wildman–Crippen LogP) is 0.834. The van der Waals surface area contributed by atoms with Gasteiger partial charge in [-0.05, 0) is 0 Å². The Kier molecular flexibility index (Phi) is 5.63. The Hall–Kier alpha value is -0.0900. The van der Waals surface area contributed by atoms with Gasteiger partial charge in [-0.15, -0.1) is 0 Å². The zero-order valence-electron chi connectivity index (χ0n) is 6.26. The zero-order chi connectivity index (χ0) is 7.98. The monoisotopic (exact) mass is 209 g/mol. The van der Waals surface area contributed by atoms with E-state index < -0.39 is 0 Å². The van der Waals surface area contributed by atoms with Crippen LogP contribution in [0.1, 0.15) is 6.92 Å². The molecule has 0 atom stereocenters. The third-order valence-corrected chi connectivity index (χ3v) is 1.37. The first-order valence-electron chi connectivity index (χ1n) is 3.04. The van der Waals surface area contributed by atoms with E-state index >= 15 is 0 Å². The molecule has 0 radical (unpaired) electrons. The third-order valence-electron chi connectivity index (χ3n) is 1.04. The first kappa shape index (κ1) is 9.91. The van der Waals surface area contributed by atoms with Crippen molar-refractivity contribution >= 4 is 21.8 Å². The molecule has 0 spiro atoms. The van der Waals surface area contributed by atoms with Crippen LogP contribution in [0.15, 0.2) is 0 Å². The minimum Gasteiger partial charge on any atom is -0.360 e. The number of amides is 1. The molecule has 0 rings (SSSR count). The van der Waals surface area contributed by atoms with Crippen LogP contribution in [0.25, 0.3) is 0 Å². The lowest BCUT2D eigenvalue weighted by Crippen LogP contribution is -2.26. The fourth-order valence-electron chi connectivity index (χ4n) is 0.347. The molecule has 0 aromatic heterocycles. The van der Waals surface area contributed by atoms with Gasteiger partial charge in [-0.3, -0.25) is 4.79 Å². The van der Waals surface area contributed by atoms with E-state index in [2.05, 4.69) is 15.9 Å². The van der Waals surface area contributed by atoms with Gasteiger partial charge in [0.1, 0.15) is 6.73 Å². The number of carbonyl (C=O) groups excluding carboxylic acids is 1. The van der Waals surface area contributed by atoms with Gasteiger partial charge in [-0.1, -0.05) is 15.9 Å². The highest BCUT2D eigenvalue weighted by Crippen LogP contribution is 1.86. The fraction of sp³-hybridized carbons (Fsp3) is 0.833. The van der Waals surface area contributed by atoms with Gasteiger partial charge >= 0.3 is 0 Å². The number of ether oxygens (including phenoxy) is 1. The lowest BCUT2D eigenvalue weighted by atomic mass is 10.6. The Morgan fingerprint density at radius 3 is 2.70 bits per heavy atom. The quantitative estimate of drug-likeness (QED) is 0.390. The summed E-state index contributed by atoms with van der Waals surface area (Å²) in [5, 5.41) is 0.804. The largest absolute Gasteiger partial charge is 0.360 e. The van der Waals surface area contributed by atoms with Crippen LogP contribution in [-0.2, 0) is 9.53 Å². The van der Waals surface area contributed by atoms with Crippen LogP contribution in [-0.4, -0.2) is 36.5 Å². The SMILES string of the molecule is CC(=O)N(C)COCCBr. The molecule has 4 heteroatoms. The van der Waals surface area contributed by atoms with E-state index in [0.717, 1.165) is 5.33 Å². The van der Waals surface area contributed by atoms with Gasteiger partial charge < -0.3 is 9.64 Å². The van der Waals surface area contributed by atoms with Crippen LogP contribution < -0.4 is 0 Å². The highest BCUT2D eigenvalue weighted by molar-refractivity contribution is 9.09. The van der Waals surface area contributed by atoms with Crippen molar-refractivity contribution < 1.29 is 9.53 Å². The normalized spacial score (nSPS) is 9.50. The first-order chi connectivity index (χ1) is 4.68. The Balaban J connectivity index is 3.21. The maximum Gasteiger partial charge on any atom is 0.220 e. The van der Waals surface area contributed by atoms with Crippen molar-refractivity contribution in [3.63, 3.8) is 0 Å². The van der Waals surface area contributed by atoms with E-state index in [4.69, 9.17) is 4.74 Å². The molecule has 0 saturated heterocycles. The molecule has 0 unspecified atom stereocenters. The highest BCUT2D eigenvalue weighted by atomic mass is 79.9. The van der Waals surface area contributed by atoms with E-state index in [1.165, 1.54) is 11.8 Å². The smallest absolute Gasteiger partial charge is 0.220 e. The van der Waals surface area contributed by atoms with E-state index in [1.54, 1.807) is 7.05 Å². The number of alkyl halides is 1. The molecule has 0 heterocycles. The van der Waals surface area contributed by atoms with E-state index in [-0.39, 0.29) is 5.91 Å². The fourth-order valence-corrected chi connectivity index (χ4v) is 0.576. The number of halogens is 1. The van der Waals surface area contributed by atoms with Crippen LogP contribution in [0, 0.1) is 0 Å². The number of carbonyl (C=O) groups is 1. The Bertz CT molecular complexity index is 108. The van der Waals surface area contributed by atoms with E-state index in [0.29, 0.717) is 13.3 Å². The van der Waals surface area contributed by atoms with Crippen LogP contribution >= 0.6 is 15.9 Å². The van der Waals surface area contributed by atoms with Crippen LogP contribution in [0.2, 0.25) is 0 Å². The topological polar surface area (TPSA) is 29.5 Å². The maximum absolute atomic E-state index is 10.6. The molecule has 0 aliphatic rings. The predicted molar refractivity (Wildman–Crippen MR) is 43.1 cm³/mol. The summed E-state index contributed by atoms with van der Waals surface area (Å²) < 4.78 is 5.06. The molecule has 1 amide bonds. The molecular formula is C6H12BrNO2. The molecule has 0 N–H and O–H groups in total. The summed E-state index contributed by atoms with van der Waals surface area (Å²) in [6.45, 7) is 2.52. The maximum atomic E-state index is 10.6. The summed E-state index contributed by atoms with van der Waals surface area (Å²) in [5.74, 6) is 0.0228. The lowest BCUT2D eigenvalue weighted by molar-refractivity contribution is -0.132. The molecule has 0 bridgehead atoms. The number of nitrogens with zero attached hydrogens (tertiary/aromatic N) is 1. The minimum absolute atomic E-state index is 0.0228. The van der Waals surface area contributed by atoms with Gasteiger partial charge in [0.25, 0.3) is 0 Å². The molecule has 0 fully saturated rings. The van der Waals surface area contributed by atoms with Gasteiger partial charge in [-0.2, -0.15) is 0 Å². The van der Waals surface area contributed by atoms with Gasteiger partial charge in [0.05, 0.1) is 6.61 Å².